The molecule has 0 radical (unpaired) electrons. The fraction of sp³-hybridized carbons (Fsp3) is 0.647. The summed E-state index contributed by atoms with van der Waals surface area (Å²) in [7, 11) is 0. The van der Waals surface area contributed by atoms with Crippen molar-refractivity contribution in [1.82, 2.24) is 0 Å². The normalized spacial score (nSPS) is 27.4. The van der Waals surface area contributed by atoms with E-state index in [1.807, 2.05) is 24.3 Å². The highest BCUT2D eigenvalue weighted by atomic mass is 35.5. The quantitative estimate of drug-likeness (QED) is 0.846. The van der Waals surface area contributed by atoms with Gasteiger partial charge in [0.2, 0.25) is 0 Å². The highest BCUT2D eigenvalue weighted by Gasteiger charge is 2.45. The SMILES string of the molecule is CC(C)(C)C1CCCCC1(CO)Nc1ccccc1Cl. The van der Waals surface area contributed by atoms with Gasteiger partial charge in [0.25, 0.3) is 0 Å². The van der Waals surface area contributed by atoms with E-state index in [0.717, 1.165) is 30.0 Å². The summed E-state index contributed by atoms with van der Waals surface area (Å²) < 4.78 is 0. The molecule has 0 spiro atoms. The van der Waals surface area contributed by atoms with Gasteiger partial charge < -0.3 is 10.4 Å². The Hall–Kier alpha value is -0.730. The molecule has 0 saturated heterocycles. The molecule has 20 heavy (non-hydrogen) atoms. The molecule has 1 aliphatic carbocycles. The maximum atomic E-state index is 10.1. The van der Waals surface area contributed by atoms with Crippen LogP contribution < -0.4 is 5.32 Å². The van der Waals surface area contributed by atoms with Crippen molar-refractivity contribution < 1.29 is 5.11 Å². The second-order valence-electron chi connectivity index (χ2n) is 7.08. The topological polar surface area (TPSA) is 32.3 Å². The number of hydrogen-bond donors (Lipinski definition) is 2. The summed E-state index contributed by atoms with van der Waals surface area (Å²) in [5.74, 6) is 0.435. The van der Waals surface area contributed by atoms with E-state index in [1.54, 1.807) is 0 Å². The molecule has 2 N–H and O–H groups in total. The van der Waals surface area contributed by atoms with Crippen molar-refractivity contribution >= 4 is 17.3 Å². The van der Waals surface area contributed by atoms with Crippen LogP contribution >= 0.6 is 11.6 Å². The summed E-state index contributed by atoms with van der Waals surface area (Å²) in [4.78, 5) is 0. The summed E-state index contributed by atoms with van der Waals surface area (Å²) in [6.45, 7) is 6.95. The van der Waals surface area contributed by atoms with E-state index < -0.39 is 0 Å². The fourth-order valence-corrected chi connectivity index (χ4v) is 3.89. The van der Waals surface area contributed by atoms with Crippen molar-refractivity contribution in [1.29, 1.82) is 0 Å². The first-order chi connectivity index (χ1) is 9.39. The Bertz CT molecular complexity index is 455. The van der Waals surface area contributed by atoms with E-state index in [4.69, 9.17) is 11.6 Å². The number of aliphatic hydroxyl groups is 1. The Morgan fingerprint density at radius 3 is 2.60 bits per heavy atom. The number of aliphatic hydroxyl groups excluding tert-OH is 1. The monoisotopic (exact) mass is 295 g/mol. The molecule has 1 aromatic carbocycles. The van der Waals surface area contributed by atoms with Crippen LogP contribution in [0.4, 0.5) is 5.69 Å². The number of halogens is 1. The molecule has 2 atom stereocenters. The van der Waals surface area contributed by atoms with Crippen LogP contribution in [0, 0.1) is 11.3 Å². The third-order valence-corrected chi connectivity index (χ3v) is 4.95. The molecular weight excluding hydrogens is 270 g/mol. The standard InChI is InChI=1S/C17H26ClNO/c1-16(2,3)15-10-6-7-11-17(15,12-20)19-14-9-5-4-8-13(14)18/h4-5,8-9,15,19-20H,6-7,10-12H2,1-3H3. The van der Waals surface area contributed by atoms with Gasteiger partial charge in [0.05, 0.1) is 22.9 Å². The van der Waals surface area contributed by atoms with E-state index >= 15 is 0 Å². The zero-order valence-corrected chi connectivity index (χ0v) is 13.5. The first kappa shape index (κ1) is 15.7. The molecule has 2 nitrogen and oxygen atoms in total. The van der Waals surface area contributed by atoms with Gasteiger partial charge >= 0.3 is 0 Å². The molecule has 1 aliphatic rings. The Morgan fingerprint density at radius 2 is 2.00 bits per heavy atom. The zero-order chi connectivity index (χ0) is 14.8. The largest absolute Gasteiger partial charge is 0.394 e. The predicted molar refractivity (Wildman–Crippen MR) is 86.3 cm³/mol. The number of benzene rings is 1. The highest BCUT2D eigenvalue weighted by molar-refractivity contribution is 6.33. The van der Waals surface area contributed by atoms with E-state index in [1.165, 1.54) is 6.42 Å². The fourth-order valence-electron chi connectivity index (χ4n) is 3.71. The van der Waals surface area contributed by atoms with Gasteiger partial charge in [-0.15, -0.1) is 0 Å². The van der Waals surface area contributed by atoms with Crippen LogP contribution in [-0.4, -0.2) is 17.3 Å². The van der Waals surface area contributed by atoms with Crippen molar-refractivity contribution in [2.75, 3.05) is 11.9 Å². The Kier molecular flexibility index (Phi) is 4.66. The maximum absolute atomic E-state index is 10.1. The third kappa shape index (κ3) is 3.12. The lowest BCUT2D eigenvalue weighted by Gasteiger charge is -2.50. The van der Waals surface area contributed by atoms with Crippen LogP contribution in [0.5, 0.6) is 0 Å². The van der Waals surface area contributed by atoms with Gasteiger partial charge in [-0.1, -0.05) is 57.3 Å². The van der Waals surface area contributed by atoms with Crippen LogP contribution in [0.1, 0.15) is 46.5 Å². The molecule has 0 aliphatic heterocycles. The van der Waals surface area contributed by atoms with E-state index in [-0.39, 0.29) is 17.6 Å². The molecule has 0 heterocycles. The van der Waals surface area contributed by atoms with Crippen molar-refractivity contribution in [3.8, 4) is 0 Å². The predicted octanol–water partition coefficient (Wildman–Crippen LogP) is 4.72. The molecule has 1 fully saturated rings. The number of para-hydroxylation sites is 1. The summed E-state index contributed by atoms with van der Waals surface area (Å²) >= 11 is 6.28. The lowest BCUT2D eigenvalue weighted by Crippen LogP contribution is -2.55. The minimum Gasteiger partial charge on any atom is -0.394 e. The smallest absolute Gasteiger partial charge is 0.0664 e. The number of anilines is 1. The molecule has 112 valence electrons. The lowest BCUT2D eigenvalue weighted by atomic mass is 9.62. The first-order valence-corrected chi connectivity index (χ1v) is 7.90. The van der Waals surface area contributed by atoms with Gasteiger partial charge in [-0.25, -0.2) is 0 Å². The Labute approximate surface area is 127 Å². The van der Waals surface area contributed by atoms with Crippen LogP contribution in [0.3, 0.4) is 0 Å². The lowest BCUT2D eigenvalue weighted by molar-refractivity contribution is 0.0484. The molecule has 1 saturated carbocycles. The summed E-state index contributed by atoms with van der Waals surface area (Å²) in [6.07, 6.45) is 4.55. The van der Waals surface area contributed by atoms with Crippen LogP contribution in [0.2, 0.25) is 5.02 Å². The van der Waals surface area contributed by atoms with Gasteiger partial charge in [-0.2, -0.15) is 0 Å². The molecule has 2 unspecified atom stereocenters. The third-order valence-electron chi connectivity index (χ3n) is 4.62. The van der Waals surface area contributed by atoms with Crippen molar-refractivity contribution in [2.24, 2.45) is 11.3 Å². The van der Waals surface area contributed by atoms with E-state index in [9.17, 15) is 5.11 Å². The molecule has 1 aromatic rings. The summed E-state index contributed by atoms with van der Waals surface area (Å²) in [6, 6.07) is 7.80. The zero-order valence-electron chi connectivity index (χ0n) is 12.7. The summed E-state index contributed by atoms with van der Waals surface area (Å²) in [5.41, 5.74) is 0.832. The minimum atomic E-state index is -0.262. The Balaban J connectivity index is 2.33. The second kappa shape index (κ2) is 5.95. The second-order valence-corrected chi connectivity index (χ2v) is 7.49. The number of nitrogens with one attached hydrogen (secondary N) is 1. The van der Waals surface area contributed by atoms with Crippen LogP contribution in [0.15, 0.2) is 24.3 Å². The van der Waals surface area contributed by atoms with Crippen molar-refractivity contribution in [3.63, 3.8) is 0 Å². The number of rotatable bonds is 3. The molecule has 0 aromatic heterocycles. The summed E-state index contributed by atoms with van der Waals surface area (Å²) in [5, 5.41) is 14.4. The van der Waals surface area contributed by atoms with Gasteiger partial charge in [-0.05, 0) is 36.3 Å². The van der Waals surface area contributed by atoms with Crippen LogP contribution in [-0.2, 0) is 0 Å². The van der Waals surface area contributed by atoms with E-state index in [0.29, 0.717) is 5.92 Å². The van der Waals surface area contributed by atoms with Gasteiger partial charge in [0.15, 0.2) is 0 Å². The molecule has 0 amide bonds. The molecular formula is C17H26ClNO. The van der Waals surface area contributed by atoms with Gasteiger partial charge in [-0.3, -0.25) is 0 Å². The first-order valence-electron chi connectivity index (χ1n) is 7.53. The number of hydrogen-bond acceptors (Lipinski definition) is 2. The maximum Gasteiger partial charge on any atom is 0.0664 e. The molecule has 3 heteroatoms. The average Bonchev–Trinajstić information content (AvgIpc) is 2.41. The van der Waals surface area contributed by atoms with Gasteiger partial charge in [0.1, 0.15) is 0 Å². The van der Waals surface area contributed by atoms with E-state index in [2.05, 4.69) is 26.1 Å². The highest BCUT2D eigenvalue weighted by Crippen LogP contribution is 2.46. The average molecular weight is 296 g/mol. The van der Waals surface area contributed by atoms with Crippen molar-refractivity contribution in [3.05, 3.63) is 29.3 Å². The molecule has 0 bridgehead atoms. The Morgan fingerprint density at radius 1 is 1.30 bits per heavy atom. The van der Waals surface area contributed by atoms with Crippen LogP contribution in [0.25, 0.3) is 0 Å². The van der Waals surface area contributed by atoms with Gasteiger partial charge in [0, 0.05) is 0 Å². The van der Waals surface area contributed by atoms with Crippen molar-refractivity contribution in [2.45, 2.75) is 52.0 Å². The molecule has 2 rings (SSSR count). The minimum absolute atomic E-state index is 0.153.